The highest BCUT2D eigenvalue weighted by atomic mass is 16.4. The molecule has 0 spiro atoms. The lowest BCUT2D eigenvalue weighted by Crippen LogP contribution is -2.57. The minimum atomic E-state index is -1.45. The van der Waals surface area contributed by atoms with E-state index in [1.165, 1.54) is 0 Å². The van der Waals surface area contributed by atoms with Gasteiger partial charge in [0.15, 0.2) is 0 Å². The SMILES string of the molecule is CC(C)C(N)C(=O)NC(C(=O)NC(CC(N)=O)C(=O)O)C(C)C. The van der Waals surface area contributed by atoms with Gasteiger partial charge in [-0.2, -0.15) is 0 Å². The van der Waals surface area contributed by atoms with Gasteiger partial charge in [-0.25, -0.2) is 4.79 Å². The van der Waals surface area contributed by atoms with E-state index in [4.69, 9.17) is 16.6 Å². The monoisotopic (exact) mass is 330 g/mol. The Morgan fingerprint density at radius 2 is 1.48 bits per heavy atom. The number of rotatable bonds is 9. The first-order chi connectivity index (χ1) is 10.5. The first kappa shape index (κ1) is 20.8. The molecule has 0 bridgehead atoms. The number of hydrogen-bond donors (Lipinski definition) is 5. The zero-order chi connectivity index (χ0) is 18.3. The van der Waals surface area contributed by atoms with E-state index in [-0.39, 0.29) is 11.8 Å². The molecular weight excluding hydrogens is 304 g/mol. The van der Waals surface area contributed by atoms with Gasteiger partial charge in [-0.05, 0) is 11.8 Å². The standard InChI is InChI=1S/C14H26N4O5/c1-6(2)10(16)12(20)18-11(7(3)4)13(21)17-8(14(22)23)5-9(15)19/h6-8,10-11H,5,16H2,1-4H3,(H2,15,19)(H,17,21)(H,18,20)(H,22,23). The van der Waals surface area contributed by atoms with Crippen LogP contribution in [-0.2, 0) is 19.2 Å². The van der Waals surface area contributed by atoms with Crippen LogP contribution in [0.25, 0.3) is 0 Å². The third kappa shape index (κ3) is 7.09. The summed E-state index contributed by atoms with van der Waals surface area (Å²) in [5.74, 6) is -3.88. The number of nitrogens with two attached hydrogens (primary N) is 2. The fourth-order valence-electron chi connectivity index (χ4n) is 1.75. The molecule has 0 aromatic heterocycles. The highest BCUT2D eigenvalue weighted by molar-refractivity contribution is 5.93. The van der Waals surface area contributed by atoms with Gasteiger partial charge in [0.25, 0.3) is 0 Å². The molecule has 0 aliphatic carbocycles. The predicted molar refractivity (Wildman–Crippen MR) is 83.0 cm³/mol. The lowest BCUT2D eigenvalue weighted by molar-refractivity contribution is -0.144. The van der Waals surface area contributed by atoms with E-state index in [2.05, 4.69) is 10.6 Å². The maximum Gasteiger partial charge on any atom is 0.326 e. The highest BCUT2D eigenvalue weighted by Gasteiger charge is 2.31. The Hall–Kier alpha value is -2.16. The summed E-state index contributed by atoms with van der Waals surface area (Å²) in [5.41, 5.74) is 10.7. The maximum atomic E-state index is 12.2. The van der Waals surface area contributed by atoms with Crippen molar-refractivity contribution in [3.63, 3.8) is 0 Å². The Labute approximate surface area is 135 Å². The summed E-state index contributed by atoms with van der Waals surface area (Å²) >= 11 is 0. The Bertz CT molecular complexity index is 464. The van der Waals surface area contributed by atoms with Crippen LogP contribution in [0.1, 0.15) is 34.1 Å². The van der Waals surface area contributed by atoms with Gasteiger partial charge >= 0.3 is 5.97 Å². The van der Waals surface area contributed by atoms with E-state index >= 15 is 0 Å². The van der Waals surface area contributed by atoms with Crippen molar-refractivity contribution < 1.29 is 24.3 Å². The van der Waals surface area contributed by atoms with Crippen molar-refractivity contribution in [2.24, 2.45) is 23.3 Å². The van der Waals surface area contributed by atoms with Crippen LogP contribution in [0.2, 0.25) is 0 Å². The molecule has 3 amide bonds. The van der Waals surface area contributed by atoms with Crippen molar-refractivity contribution in [3.8, 4) is 0 Å². The van der Waals surface area contributed by atoms with Gasteiger partial charge in [0, 0.05) is 0 Å². The van der Waals surface area contributed by atoms with Crippen molar-refractivity contribution in [2.75, 3.05) is 0 Å². The molecule has 0 aromatic carbocycles. The Morgan fingerprint density at radius 3 is 1.83 bits per heavy atom. The lowest BCUT2D eigenvalue weighted by atomic mass is 10.00. The number of aliphatic carboxylic acids is 1. The first-order valence-electron chi connectivity index (χ1n) is 7.34. The molecule has 0 saturated carbocycles. The largest absolute Gasteiger partial charge is 0.480 e. The Morgan fingerprint density at radius 1 is 0.957 bits per heavy atom. The van der Waals surface area contributed by atoms with Crippen LogP contribution in [0.5, 0.6) is 0 Å². The van der Waals surface area contributed by atoms with Gasteiger partial charge in [-0.3, -0.25) is 14.4 Å². The summed E-state index contributed by atoms with van der Waals surface area (Å²) in [5, 5.41) is 13.7. The molecule has 0 aliphatic rings. The van der Waals surface area contributed by atoms with E-state index in [0.29, 0.717) is 0 Å². The van der Waals surface area contributed by atoms with Gasteiger partial charge < -0.3 is 27.2 Å². The number of carbonyl (C=O) groups excluding carboxylic acids is 3. The van der Waals surface area contributed by atoms with Crippen molar-refractivity contribution in [1.29, 1.82) is 0 Å². The number of nitrogens with one attached hydrogen (secondary N) is 2. The summed E-state index contributed by atoms with van der Waals surface area (Å²) in [4.78, 5) is 46.1. The second kappa shape index (κ2) is 9.09. The molecule has 9 nitrogen and oxygen atoms in total. The third-order valence-electron chi connectivity index (χ3n) is 3.29. The normalized spacial score (nSPS) is 14.9. The number of primary amides is 1. The van der Waals surface area contributed by atoms with Crippen molar-refractivity contribution in [1.82, 2.24) is 10.6 Å². The zero-order valence-electron chi connectivity index (χ0n) is 13.8. The molecule has 0 heterocycles. The molecule has 7 N–H and O–H groups in total. The van der Waals surface area contributed by atoms with Gasteiger partial charge in [0.1, 0.15) is 12.1 Å². The van der Waals surface area contributed by atoms with Crippen LogP contribution >= 0.6 is 0 Å². The predicted octanol–water partition coefficient (Wildman–Crippen LogP) is -1.44. The maximum absolute atomic E-state index is 12.2. The van der Waals surface area contributed by atoms with Gasteiger partial charge in [-0.15, -0.1) is 0 Å². The van der Waals surface area contributed by atoms with Crippen LogP contribution in [0, 0.1) is 11.8 Å². The summed E-state index contributed by atoms with van der Waals surface area (Å²) in [6.45, 7) is 6.91. The van der Waals surface area contributed by atoms with E-state index in [1.54, 1.807) is 27.7 Å². The van der Waals surface area contributed by atoms with Crippen LogP contribution in [0.15, 0.2) is 0 Å². The van der Waals surface area contributed by atoms with E-state index in [0.717, 1.165) is 0 Å². The van der Waals surface area contributed by atoms with Crippen LogP contribution in [0.4, 0.5) is 0 Å². The molecule has 3 unspecified atom stereocenters. The van der Waals surface area contributed by atoms with Gasteiger partial charge in [0.2, 0.25) is 17.7 Å². The van der Waals surface area contributed by atoms with Gasteiger partial charge in [0.05, 0.1) is 12.5 Å². The summed E-state index contributed by atoms with van der Waals surface area (Å²) < 4.78 is 0. The molecule has 3 atom stereocenters. The van der Waals surface area contributed by atoms with Crippen LogP contribution in [-0.4, -0.2) is 46.9 Å². The summed E-state index contributed by atoms with van der Waals surface area (Å²) in [6, 6.07) is -3.20. The molecule has 23 heavy (non-hydrogen) atoms. The number of carboxylic acid groups (broad SMARTS) is 1. The quantitative estimate of drug-likeness (QED) is 0.347. The van der Waals surface area contributed by atoms with E-state index in [1.807, 2.05) is 0 Å². The molecule has 0 rings (SSSR count). The van der Waals surface area contributed by atoms with Crippen molar-refractivity contribution in [3.05, 3.63) is 0 Å². The Balaban J connectivity index is 5.01. The van der Waals surface area contributed by atoms with Gasteiger partial charge in [-0.1, -0.05) is 27.7 Å². The summed E-state index contributed by atoms with van der Waals surface area (Å²) in [6.07, 6.45) is -0.536. The fourth-order valence-corrected chi connectivity index (χ4v) is 1.75. The third-order valence-corrected chi connectivity index (χ3v) is 3.29. The number of carboxylic acids is 1. The van der Waals surface area contributed by atoms with Crippen LogP contribution < -0.4 is 22.1 Å². The second-order valence-electron chi connectivity index (χ2n) is 6.07. The molecule has 9 heteroatoms. The molecule has 0 radical (unpaired) electrons. The van der Waals surface area contributed by atoms with Crippen LogP contribution in [0.3, 0.4) is 0 Å². The minimum Gasteiger partial charge on any atom is -0.480 e. The van der Waals surface area contributed by atoms with Crippen molar-refractivity contribution >= 4 is 23.7 Å². The minimum absolute atomic E-state index is 0.118. The highest BCUT2D eigenvalue weighted by Crippen LogP contribution is 2.06. The fraction of sp³-hybridized carbons (Fsp3) is 0.714. The zero-order valence-corrected chi connectivity index (χ0v) is 13.8. The lowest BCUT2D eigenvalue weighted by Gasteiger charge is -2.25. The first-order valence-corrected chi connectivity index (χ1v) is 7.34. The number of carbonyl (C=O) groups is 4. The topological polar surface area (TPSA) is 165 Å². The smallest absolute Gasteiger partial charge is 0.326 e. The molecule has 0 fully saturated rings. The number of amides is 3. The van der Waals surface area contributed by atoms with Crippen molar-refractivity contribution in [2.45, 2.75) is 52.2 Å². The average Bonchev–Trinajstić information content (AvgIpc) is 2.41. The van der Waals surface area contributed by atoms with E-state index in [9.17, 15) is 19.2 Å². The molecular formula is C14H26N4O5. The molecule has 0 saturated heterocycles. The average molecular weight is 330 g/mol. The molecule has 0 aromatic rings. The number of hydrogen-bond acceptors (Lipinski definition) is 5. The molecule has 132 valence electrons. The molecule has 0 aliphatic heterocycles. The van der Waals surface area contributed by atoms with E-state index < -0.39 is 48.2 Å². The second-order valence-corrected chi connectivity index (χ2v) is 6.07. The Kier molecular flexibility index (Phi) is 8.23. The summed E-state index contributed by atoms with van der Waals surface area (Å²) in [7, 11) is 0.